The molecule has 19 heteroatoms. The van der Waals surface area contributed by atoms with Crippen LogP contribution in [0.5, 0.6) is 11.5 Å². The van der Waals surface area contributed by atoms with Crippen molar-refractivity contribution >= 4 is 50.9 Å². The maximum atomic E-state index is 13.0. The van der Waals surface area contributed by atoms with Gasteiger partial charge in [0.25, 0.3) is 0 Å². The van der Waals surface area contributed by atoms with Gasteiger partial charge in [0.15, 0.2) is 43.1 Å². The highest BCUT2D eigenvalue weighted by atomic mass is 32.2. The number of halogens is 2. The fraction of sp³-hybridized carbons (Fsp3) is 0.514. The molecule has 3 saturated heterocycles. The summed E-state index contributed by atoms with van der Waals surface area (Å²) in [4.78, 5) is 63.2. The van der Waals surface area contributed by atoms with E-state index in [2.05, 4.69) is 134 Å². The van der Waals surface area contributed by atoms with Crippen LogP contribution in [0.2, 0.25) is 0 Å². The van der Waals surface area contributed by atoms with Gasteiger partial charge in [-0.2, -0.15) is 8.78 Å². The zero-order valence-corrected chi connectivity index (χ0v) is 57.1. The maximum Gasteiger partial charge on any atom is 0.369 e. The summed E-state index contributed by atoms with van der Waals surface area (Å²) in [5.41, 5.74) is 0.122. The molecule has 1 N–H and O–H groups in total. The summed E-state index contributed by atoms with van der Waals surface area (Å²) in [5.74, 6) is -0.866. The van der Waals surface area contributed by atoms with E-state index in [9.17, 15) is 45.7 Å². The van der Waals surface area contributed by atoms with Crippen LogP contribution in [0.3, 0.4) is 0 Å². The van der Waals surface area contributed by atoms with Crippen molar-refractivity contribution < 1.29 is 79.3 Å². The topological polar surface area (TPSA) is 218 Å². The van der Waals surface area contributed by atoms with Crippen molar-refractivity contribution in [2.45, 2.75) is 218 Å². The van der Waals surface area contributed by atoms with Gasteiger partial charge in [-0.25, -0.2) is 8.42 Å². The van der Waals surface area contributed by atoms with Gasteiger partial charge in [-0.1, -0.05) is 107 Å². The Kier molecular flexibility index (Phi) is 26.2. The van der Waals surface area contributed by atoms with E-state index in [1.807, 2.05) is 62.3 Å². The molecule has 0 spiro atoms. The Hall–Kier alpha value is -6.67. The van der Waals surface area contributed by atoms with Crippen LogP contribution in [0.4, 0.5) is 8.78 Å². The molecule has 3 heterocycles. The van der Waals surface area contributed by atoms with E-state index < -0.39 is 66.9 Å². The average Bonchev–Trinajstić information content (AvgIpc) is 1.58. The molecule has 6 atom stereocenters. The van der Waals surface area contributed by atoms with Gasteiger partial charge < -0.3 is 38.1 Å². The zero-order valence-electron chi connectivity index (χ0n) is 55.4. The van der Waals surface area contributed by atoms with Gasteiger partial charge in [0.05, 0.1) is 44.6 Å². The van der Waals surface area contributed by atoms with E-state index in [1.165, 1.54) is 51.8 Å². The molecule has 9 rings (SSSR count). The van der Waals surface area contributed by atoms with Crippen LogP contribution in [0.1, 0.15) is 160 Å². The molecule has 0 radical (unpaired) electrons. The van der Waals surface area contributed by atoms with Crippen molar-refractivity contribution in [1.82, 2.24) is 0 Å². The standard InChI is InChI=1S/C20H30O2.C18H15S.C13H18O5.C12H16O3.C9H16F2O5S/c1-6-19(2,3)18(21)22-20(4,5)17-13-11-15-9-7-8-10-16(15)12-14-17;1-4-10-16(11-5-1)19(17-12-6-2-7-13-17)18-14-8-3-9-15-18;1-4-13(2,3)12(15)18-9-7-5-6-8(16-7)10(9)17-11(6)14;1-4-12(2,3)11(14)15-10-7-5-9(13)6-8-10;1-5-8(3,4)7(12)16-6(2)9(10,11)17(13,14)15/h7-10,17H,6,11-14H2,1-5H3;1-15H;6-10H,4-5H2,1-3H3;5-8,13H,4H2,1-3H3;6H,5H2,1-4H3,(H,13,14,15)/q;+1;;;/p-1. The van der Waals surface area contributed by atoms with Crippen LogP contribution in [-0.2, 0) is 81.5 Å². The number of phenols is 1. The molecule has 3 fully saturated rings. The van der Waals surface area contributed by atoms with E-state index in [4.69, 9.17) is 28.8 Å². The second-order valence-electron chi connectivity index (χ2n) is 26.4. The lowest BCUT2D eigenvalue weighted by Crippen LogP contribution is -2.44. The third-order valence-electron chi connectivity index (χ3n) is 17.8. The second-order valence-corrected chi connectivity index (χ2v) is 29.9. The first-order valence-electron chi connectivity index (χ1n) is 31.3. The Morgan fingerprint density at radius 1 is 0.604 bits per heavy atom. The predicted molar refractivity (Wildman–Crippen MR) is 345 cm³/mol. The molecule has 1 aliphatic carbocycles. The highest BCUT2D eigenvalue weighted by molar-refractivity contribution is 7.97. The Morgan fingerprint density at radius 2 is 1.01 bits per heavy atom. The number of hydrogen-bond acceptors (Lipinski definition) is 15. The first-order valence-corrected chi connectivity index (χ1v) is 33.9. The fourth-order valence-corrected chi connectivity index (χ4v) is 12.2. The fourth-order valence-electron chi connectivity index (χ4n) is 9.68. The normalized spacial score (nSPS) is 19.1. The molecule has 5 aromatic carbocycles. The van der Waals surface area contributed by atoms with E-state index in [-0.39, 0.29) is 58.6 Å². The summed E-state index contributed by atoms with van der Waals surface area (Å²) >= 11 is 0. The summed E-state index contributed by atoms with van der Waals surface area (Å²) in [6.45, 7) is 26.7. The van der Waals surface area contributed by atoms with Crippen molar-refractivity contribution in [2.24, 2.45) is 33.5 Å². The molecule has 15 nitrogen and oxygen atoms in total. The lowest BCUT2D eigenvalue weighted by Gasteiger charge is -2.36. The van der Waals surface area contributed by atoms with Crippen LogP contribution < -0.4 is 4.74 Å². The highest BCUT2D eigenvalue weighted by Gasteiger charge is 2.65. The summed E-state index contributed by atoms with van der Waals surface area (Å²) in [6, 6.07) is 47.0. The number of hydrogen-bond donors (Lipinski definition) is 1. The molecule has 0 saturated carbocycles. The van der Waals surface area contributed by atoms with Gasteiger partial charge in [-0.05, 0) is 212 Å². The van der Waals surface area contributed by atoms with Crippen molar-refractivity contribution in [3.63, 3.8) is 0 Å². The smallest absolute Gasteiger partial charge is 0.369 e. The van der Waals surface area contributed by atoms with Crippen molar-refractivity contribution in [2.75, 3.05) is 0 Å². The Bertz CT molecular complexity index is 3180. The molecular formula is C72H94F2O15S2. The summed E-state index contributed by atoms with van der Waals surface area (Å²) in [5, 5.41) is 4.42. The van der Waals surface area contributed by atoms with E-state index in [1.54, 1.807) is 19.1 Å². The van der Waals surface area contributed by atoms with Gasteiger partial charge in [-0.15, -0.1) is 0 Å². The number of carbonyl (C=O) groups is 5. The molecule has 0 aromatic heterocycles. The first kappa shape index (κ1) is 75.1. The number of aryl methyl sites for hydroxylation is 2. The maximum absolute atomic E-state index is 13.0. The average molecular weight is 1300 g/mol. The number of carbonyl (C=O) groups excluding carboxylic acids is 5. The van der Waals surface area contributed by atoms with Crippen LogP contribution in [0, 0.1) is 33.5 Å². The van der Waals surface area contributed by atoms with Gasteiger partial charge in [0, 0.05) is 0 Å². The van der Waals surface area contributed by atoms with Crippen LogP contribution in [0.25, 0.3) is 0 Å². The molecule has 2 bridgehead atoms. The van der Waals surface area contributed by atoms with Gasteiger partial charge in [0.1, 0.15) is 23.2 Å². The van der Waals surface area contributed by atoms with Gasteiger partial charge in [0.2, 0.25) is 0 Å². The lowest BCUT2D eigenvalue weighted by atomic mass is 9.83. The zero-order chi connectivity index (χ0) is 67.9. The molecular weight excluding hydrogens is 1210 g/mol. The minimum atomic E-state index is -5.86. The number of esters is 5. The monoisotopic (exact) mass is 1300 g/mol. The summed E-state index contributed by atoms with van der Waals surface area (Å²) in [7, 11) is -5.87. The highest BCUT2D eigenvalue weighted by Crippen LogP contribution is 2.48. The predicted octanol–water partition coefficient (Wildman–Crippen LogP) is 15.0. The van der Waals surface area contributed by atoms with Gasteiger partial charge in [-0.3, -0.25) is 24.0 Å². The molecule has 4 aliphatic rings. The number of aromatic hydroxyl groups is 1. The minimum Gasteiger partial charge on any atom is -0.743 e. The molecule has 5 aromatic rings. The summed E-state index contributed by atoms with van der Waals surface area (Å²) < 4.78 is 88.8. The van der Waals surface area contributed by atoms with E-state index in [0.29, 0.717) is 37.9 Å². The van der Waals surface area contributed by atoms with Gasteiger partial charge >= 0.3 is 35.1 Å². The molecule has 91 heavy (non-hydrogen) atoms. The van der Waals surface area contributed by atoms with Crippen LogP contribution in [-0.4, -0.2) is 89.3 Å². The second kappa shape index (κ2) is 31.8. The number of rotatable bonds is 18. The summed E-state index contributed by atoms with van der Waals surface area (Å²) in [6.07, 6.45) is 4.02. The van der Waals surface area contributed by atoms with Crippen molar-refractivity contribution in [3.8, 4) is 11.5 Å². The SMILES string of the molecule is CCC(C)(C)C(=O)OC(C)(C)C1CCc2ccccc2CC1.CCC(C)(C)C(=O)OC(C)C(F)(F)S(=O)(=O)[O-].CCC(C)(C)C(=O)OC1C2CC3C(=O)OC1C3O2.CCC(C)(C)C(=O)Oc1ccc(O)cc1.c1ccc([S+](c2ccccc2)c2ccccc2)cc1. The largest absolute Gasteiger partial charge is 0.743 e. The van der Waals surface area contributed by atoms with Crippen LogP contribution in [0.15, 0.2) is 154 Å². The molecule has 3 aliphatic heterocycles. The van der Waals surface area contributed by atoms with Crippen molar-refractivity contribution in [3.05, 3.63) is 151 Å². The molecule has 6 unspecified atom stereocenters. The number of phenolic OH excluding ortho intramolecular Hbond substituents is 1. The first-order chi connectivity index (χ1) is 42.5. The third kappa shape index (κ3) is 19.9. The quantitative estimate of drug-likeness (QED) is 0.0215. The van der Waals surface area contributed by atoms with Crippen molar-refractivity contribution in [1.29, 1.82) is 0 Å². The molecule has 498 valence electrons. The Balaban J connectivity index is 0.000000208. The Labute approximate surface area is 540 Å². The lowest BCUT2D eigenvalue weighted by molar-refractivity contribution is -0.173. The molecule has 0 amide bonds. The number of fused-ring (bicyclic) bond motifs is 2. The number of alkyl halides is 2. The van der Waals surface area contributed by atoms with E-state index in [0.717, 1.165) is 38.5 Å². The number of benzene rings is 5. The number of ether oxygens (including phenoxy) is 6. The van der Waals surface area contributed by atoms with E-state index >= 15 is 0 Å². The Morgan fingerprint density at radius 3 is 1.44 bits per heavy atom. The minimum absolute atomic E-state index is 0.0146. The third-order valence-corrected chi connectivity index (χ3v) is 21.1. The van der Waals surface area contributed by atoms with Crippen LogP contribution >= 0.6 is 0 Å².